The van der Waals surface area contributed by atoms with E-state index in [2.05, 4.69) is 62.9 Å². The van der Waals surface area contributed by atoms with Crippen molar-refractivity contribution in [1.29, 1.82) is 0 Å². The molecule has 168 valence electrons. The van der Waals surface area contributed by atoms with Gasteiger partial charge in [0.1, 0.15) is 5.65 Å². The molecule has 0 radical (unpaired) electrons. The SMILES string of the molecule is Cc1cc2[nH]ccc2c(C)c1CNC(=O)C(C=NCc1cn2cc(C3CC3)ccc2n1)=CN. The van der Waals surface area contributed by atoms with Gasteiger partial charge in [-0.25, -0.2) is 4.98 Å². The average molecular weight is 441 g/mol. The third kappa shape index (κ3) is 4.26. The van der Waals surface area contributed by atoms with Crippen LogP contribution in [0.3, 0.4) is 0 Å². The summed E-state index contributed by atoms with van der Waals surface area (Å²) in [5, 5.41) is 4.14. The third-order valence-corrected chi connectivity index (χ3v) is 6.40. The molecule has 0 saturated heterocycles. The van der Waals surface area contributed by atoms with Gasteiger partial charge in [-0.05, 0) is 73.1 Å². The summed E-state index contributed by atoms with van der Waals surface area (Å²) in [5.74, 6) is 0.449. The van der Waals surface area contributed by atoms with Crippen LogP contribution in [0.25, 0.3) is 16.6 Å². The van der Waals surface area contributed by atoms with E-state index in [4.69, 9.17) is 5.73 Å². The summed E-state index contributed by atoms with van der Waals surface area (Å²) in [6, 6.07) is 8.37. The van der Waals surface area contributed by atoms with Gasteiger partial charge in [-0.1, -0.05) is 6.07 Å². The Balaban J connectivity index is 1.23. The molecule has 0 aliphatic heterocycles. The Kier molecular flexibility index (Phi) is 5.46. The molecule has 1 amide bonds. The monoisotopic (exact) mass is 440 g/mol. The number of nitrogens with one attached hydrogen (secondary N) is 2. The summed E-state index contributed by atoms with van der Waals surface area (Å²) in [6.07, 6.45) is 11.4. The van der Waals surface area contributed by atoms with Crippen LogP contribution in [0, 0.1) is 13.8 Å². The fourth-order valence-electron chi connectivity index (χ4n) is 4.34. The fourth-order valence-corrected chi connectivity index (χ4v) is 4.34. The molecule has 1 fully saturated rings. The second-order valence-corrected chi connectivity index (χ2v) is 8.74. The number of rotatable bonds is 7. The molecule has 1 aliphatic rings. The number of nitrogens with zero attached hydrogens (tertiary/aromatic N) is 3. The highest BCUT2D eigenvalue weighted by Crippen LogP contribution is 2.39. The second kappa shape index (κ2) is 8.58. The van der Waals surface area contributed by atoms with E-state index in [1.807, 2.05) is 18.5 Å². The van der Waals surface area contributed by atoms with Crippen molar-refractivity contribution in [3.8, 4) is 0 Å². The number of carbonyl (C=O) groups excluding carboxylic acids is 1. The number of benzene rings is 1. The lowest BCUT2D eigenvalue weighted by Gasteiger charge is -2.12. The molecule has 33 heavy (non-hydrogen) atoms. The first-order valence-electron chi connectivity index (χ1n) is 11.3. The molecule has 0 atom stereocenters. The van der Waals surface area contributed by atoms with Crippen LogP contribution in [-0.2, 0) is 17.9 Å². The number of nitrogens with two attached hydrogens (primary N) is 1. The highest BCUT2D eigenvalue weighted by Gasteiger charge is 2.23. The summed E-state index contributed by atoms with van der Waals surface area (Å²) in [7, 11) is 0. The van der Waals surface area contributed by atoms with Gasteiger partial charge in [-0.2, -0.15) is 0 Å². The Morgan fingerprint density at radius 1 is 1.30 bits per heavy atom. The van der Waals surface area contributed by atoms with Gasteiger partial charge < -0.3 is 20.4 Å². The molecule has 1 aromatic carbocycles. The van der Waals surface area contributed by atoms with Gasteiger partial charge in [0.25, 0.3) is 5.91 Å². The Morgan fingerprint density at radius 2 is 2.15 bits per heavy atom. The first kappa shape index (κ1) is 21.0. The fraction of sp³-hybridized carbons (Fsp3) is 0.269. The Labute approximate surface area is 192 Å². The molecular formula is C26H28N6O. The molecule has 4 aromatic rings. The number of fused-ring (bicyclic) bond motifs is 2. The number of hydrogen-bond acceptors (Lipinski definition) is 4. The van der Waals surface area contributed by atoms with Crippen molar-refractivity contribution in [2.24, 2.45) is 10.7 Å². The minimum atomic E-state index is -0.252. The molecule has 1 aliphatic carbocycles. The van der Waals surface area contributed by atoms with Crippen LogP contribution < -0.4 is 11.1 Å². The van der Waals surface area contributed by atoms with Crippen molar-refractivity contribution in [3.05, 3.63) is 82.6 Å². The standard InChI is InChI=1S/C26H28N6O/c1-16-9-24-22(7-8-29-24)17(2)23(16)13-30-26(33)20(10-27)11-28-12-21-15-32-14-19(18-3-4-18)5-6-25(32)31-21/h5-11,14-15,18,29H,3-4,12-13,27H2,1-2H3,(H,30,33). The minimum Gasteiger partial charge on any atom is -0.404 e. The molecule has 0 spiro atoms. The van der Waals surface area contributed by atoms with Crippen LogP contribution >= 0.6 is 0 Å². The molecule has 4 N–H and O–H groups in total. The zero-order valence-corrected chi connectivity index (χ0v) is 18.9. The van der Waals surface area contributed by atoms with Crippen molar-refractivity contribution < 1.29 is 4.79 Å². The smallest absolute Gasteiger partial charge is 0.254 e. The second-order valence-electron chi connectivity index (χ2n) is 8.74. The van der Waals surface area contributed by atoms with Gasteiger partial charge in [-0.15, -0.1) is 0 Å². The van der Waals surface area contributed by atoms with Crippen LogP contribution in [0.15, 0.2) is 59.6 Å². The summed E-state index contributed by atoms with van der Waals surface area (Å²) < 4.78 is 2.05. The average Bonchev–Trinajstić information content (AvgIpc) is 3.41. The van der Waals surface area contributed by atoms with Gasteiger partial charge in [-0.3, -0.25) is 9.79 Å². The molecule has 7 heteroatoms. The first-order chi connectivity index (χ1) is 16.0. The van der Waals surface area contributed by atoms with Gasteiger partial charge >= 0.3 is 0 Å². The van der Waals surface area contributed by atoms with E-state index >= 15 is 0 Å². The Hall–Kier alpha value is -3.87. The molecule has 0 bridgehead atoms. The summed E-state index contributed by atoms with van der Waals surface area (Å²) in [4.78, 5) is 25.0. The van der Waals surface area contributed by atoms with E-state index in [0.717, 1.165) is 38.9 Å². The number of aromatic nitrogens is 3. The molecule has 3 heterocycles. The van der Waals surface area contributed by atoms with Crippen molar-refractivity contribution >= 4 is 28.7 Å². The van der Waals surface area contributed by atoms with E-state index in [1.165, 1.54) is 30.8 Å². The highest BCUT2D eigenvalue weighted by atomic mass is 16.1. The number of aliphatic imine (C=N–C) groups is 1. The van der Waals surface area contributed by atoms with Crippen LogP contribution in [0.5, 0.6) is 0 Å². The number of H-pyrrole nitrogens is 1. The van der Waals surface area contributed by atoms with Gasteiger partial charge in [0.2, 0.25) is 0 Å². The van der Waals surface area contributed by atoms with E-state index in [0.29, 0.717) is 24.6 Å². The van der Waals surface area contributed by atoms with Crippen molar-refractivity contribution in [3.63, 3.8) is 0 Å². The lowest BCUT2D eigenvalue weighted by Crippen LogP contribution is -2.26. The quantitative estimate of drug-likeness (QED) is 0.299. The molecule has 5 rings (SSSR count). The molecule has 3 aromatic heterocycles. The van der Waals surface area contributed by atoms with Crippen LogP contribution in [0.4, 0.5) is 0 Å². The van der Waals surface area contributed by atoms with Crippen LogP contribution in [-0.4, -0.2) is 26.5 Å². The zero-order valence-electron chi connectivity index (χ0n) is 18.9. The topological polar surface area (TPSA) is 101 Å². The lowest BCUT2D eigenvalue weighted by atomic mass is 9.99. The maximum absolute atomic E-state index is 12.7. The van der Waals surface area contributed by atoms with Crippen LogP contribution in [0.2, 0.25) is 0 Å². The van der Waals surface area contributed by atoms with E-state index < -0.39 is 0 Å². The predicted octanol–water partition coefficient (Wildman–Crippen LogP) is 4.04. The van der Waals surface area contributed by atoms with E-state index in [9.17, 15) is 4.79 Å². The maximum Gasteiger partial charge on any atom is 0.254 e. The first-order valence-corrected chi connectivity index (χ1v) is 11.3. The largest absolute Gasteiger partial charge is 0.404 e. The molecule has 0 unspecified atom stereocenters. The molecule has 1 saturated carbocycles. The van der Waals surface area contributed by atoms with Crippen molar-refractivity contribution in [2.45, 2.75) is 45.7 Å². The van der Waals surface area contributed by atoms with Crippen molar-refractivity contribution in [1.82, 2.24) is 19.7 Å². The number of aryl methyl sites for hydroxylation is 2. The Morgan fingerprint density at radius 3 is 2.94 bits per heavy atom. The lowest BCUT2D eigenvalue weighted by molar-refractivity contribution is -0.117. The van der Waals surface area contributed by atoms with Crippen molar-refractivity contribution in [2.75, 3.05) is 0 Å². The molecule has 7 nitrogen and oxygen atoms in total. The summed E-state index contributed by atoms with van der Waals surface area (Å²) in [6.45, 7) is 4.94. The number of aromatic amines is 1. The minimum absolute atomic E-state index is 0.252. The maximum atomic E-state index is 12.7. The zero-order chi connectivity index (χ0) is 22.9. The van der Waals surface area contributed by atoms with E-state index in [-0.39, 0.29) is 5.91 Å². The number of imidazole rings is 1. The number of amides is 1. The number of pyridine rings is 1. The van der Waals surface area contributed by atoms with E-state index in [1.54, 1.807) is 0 Å². The predicted molar refractivity (Wildman–Crippen MR) is 131 cm³/mol. The third-order valence-electron chi connectivity index (χ3n) is 6.40. The van der Waals surface area contributed by atoms with Gasteiger partial charge in [0.15, 0.2) is 0 Å². The van der Waals surface area contributed by atoms with Gasteiger partial charge in [0.05, 0.1) is 17.8 Å². The highest BCUT2D eigenvalue weighted by molar-refractivity contribution is 6.12. The normalized spacial score (nSPS) is 14.5. The number of hydrogen-bond donors (Lipinski definition) is 3. The molecular weight excluding hydrogens is 412 g/mol. The summed E-state index contributed by atoms with van der Waals surface area (Å²) in [5.41, 5.74) is 13.7. The Bertz CT molecular complexity index is 1400. The van der Waals surface area contributed by atoms with Gasteiger partial charge in [0, 0.05) is 48.5 Å². The number of carbonyl (C=O) groups is 1. The van der Waals surface area contributed by atoms with Crippen LogP contribution in [0.1, 0.15) is 46.7 Å². The summed E-state index contributed by atoms with van der Waals surface area (Å²) >= 11 is 0.